The molecule has 0 aromatic carbocycles. The molecule has 0 amide bonds. The summed E-state index contributed by atoms with van der Waals surface area (Å²) >= 11 is 1.18. The number of carbonyl (C=O) groups is 1. The lowest BCUT2D eigenvalue weighted by Gasteiger charge is -2.15. The summed E-state index contributed by atoms with van der Waals surface area (Å²) < 4.78 is 5.60. The second-order valence-electron chi connectivity index (χ2n) is 6.02. The largest absolute Gasteiger partial charge is 0.539 e. The summed E-state index contributed by atoms with van der Waals surface area (Å²) in [7, 11) is 1.48. The maximum Gasteiger partial charge on any atom is 0.300 e. The zero-order chi connectivity index (χ0) is 17.8. The van der Waals surface area contributed by atoms with Gasteiger partial charge in [-0.25, -0.2) is 4.98 Å². The van der Waals surface area contributed by atoms with Crippen LogP contribution in [0.4, 0.5) is 0 Å². The van der Waals surface area contributed by atoms with E-state index in [-0.39, 0.29) is 11.4 Å². The number of nitrogens with zero attached hydrogens (tertiary/aromatic N) is 4. The van der Waals surface area contributed by atoms with Gasteiger partial charge in [-0.1, -0.05) is 29.3 Å². The quantitative estimate of drug-likeness (QED) is 0.463. The van der Waals surface area contributed by atoms with Crippen LogP contribution in [0.25, 0.3) is 0 Å². The Labute approximate surface area is 149 Å². The average Bonchev–Trinajstić information content (AvgIpc) is 2.92. The predicted octanol–water partition coefficient (Wildman–Crippen LogP) is 1.47. The van der Waals surface area contributed by atoms with Gasteiger partial charge in [0.1, 0.15) is 11.1 Å². The molecule has 1 aliphatic carbocycles. The number of hydrogen-bond donors (Lipinski definition) is 0. The molecule has 8 heteroatoms. The number of pyridine rings is 1. The number of fused-ring (bicyclic) bond motifs is 1. The summed E-state index contributed by atoms with van der Waals surface area (Å²) in [5, 5.41) is 24.9. The highest BCUT2D eigenvalue weighted by molar-refractivity contribution is 8.00. The molecule has 2 aromatic rings. The highest BCUT2D eigenvalue weighted by Crippen LogP contribution is 2.27. The Bertz CT molecular complexity index is 822. The van der Waals surface area contributed by atoms with Crippen LogP contribution in [0.5, 0.6) is 5.95 Å². The highest BCUT2D eigenvalue weighted by Gasteiger charge is 2.23. The Morgan fingerprint density at radius 2 is 2.16 bits per heavy atom. The molecule has 25 heavy (non-hydrogen) atoms. The van der Waals surface area contributed by atoms with E-state index in [0.29, 0.717) is 10.6 Å². The standard InChI is InChI=1S/C17H18N4O3S/c1-21-15(17(23)24-20-21)14(22)10-25-16-12(9-18)8-11-6-4-2-3-5-7-13(11)19-16/h8H,2-7,10H2,1H3. The minimum atomic E-state index is -0.750. The van der Waals surface area contributed by atoms with Crippen LogP contribution in [0.2, 0.25) is 0 Å². The number of thioether (sulfide) groups is 1. The number of rotatable bonds is 4. The van der Waals surface area contributed by atoms with E-state index in [1.54, 1.807) is 0 Å². The third-order valence-electron chi connectivity index (χ3n) is 4.25. The fourth-order valence-electron chi connectivity index (χ4n) is 2.97. The van der Waals surface area contributed by atoms with Crippen molar-refractivity contribution in [2.45, 2.75) is 43.6 Å². The number of aryl methyl sites for hydroxylation is 3. The van der Waals surface area contributed by atoms with Crippen LogP contribution in [0.3, 0.4) is 0 Å². The molecule has 0 bridgehead atoms. The molecule has 1 aliphatic rings. The lowest BCUT2D eigenvalue weighted by Crippen LogP contribution is -2.37. The normalized spacial score (nSPS) is 14.2. The average molecular weight is 358 g/mol. The Morgan fingerprint density at radius 3 is 2.84 bits per heavy atom. The molecule has 0 aliphatic heterocycles. The molecule has 7 nitrogen and oxygen atoms in total. The van der Waals surface area contributed by atoms with Crippen LogP contribution in [0, 0.1) is 11.3 Å². The van der Waals surface area contributed by atoms with Crippen molar-refractivity contribution in [2.75, 3.05) is 5.75 Å². The maximum atomic E-state index is 12.3. The van der Waals surface area contributed by atoms with Gasteiger partial charge in [-0.05, 0) is 37.3 Å². The molecule has 3 rings (SSSR count). The summed E-state index contributed by atoms with van der Waals surface area (Å²) in [6.07, 6.45) is 6.44. The van der Waals surface area contributed by atoms with Crippen molar-refractivity contribution in [2.24, 2.45) is 7.05 Å². The predicted molar refractivity (Wildman–Crippen MR) is 87.0 cm³/mol. The van der Waals surface area contributed by atoms with Gasteiger partial charge in [-0.2, -0.15) is 5.26 Å². The first kappa shape index (κ1) is 17.4. The van der Waals surface area contributed by atoms with E-state index >= 15 is 0 Å². The molecule has 0 saturated heterocycles. The van der Waals surface area contributed by atoms with Crippen molar-refractivity contribution in [3.8, 4) is 12.0 Å². The van der Waals surface area contributed by atoms with Gasteiger partial charge in [-0.3, -0.25) is 4.79 Å². The smallest absolute Gasteiger partial charge is 0.300 e. The second kappa shape index (κ2) is 7.66. The lowest BCUT2D eigenvalue weighted by atomic mass is 9.96. The van der Waals surface area contributed by atoms with Crippen LogP contribution < -0.4 is 9.79 Å². The minimum Gasteiger partial charge on any atom is -0.539 e. The summed E-state index contributed by atoms with van der Waals surface area (Å²) in [6.45, 7) is 0. The van der Waals surface area contributed by atoms with Crippen LogP contribution in [0.15, 0.2) is 15.6 Å². The van der Waals surface area contributed by atoms with Crippen molar-refractivity contribution in [1.82, 2.24) is 10.3 Å². The van der Waals surface area contributed by atoms with Gasteiger partial charge in [0.15, 0.2) is 13.0 Å². The van der Waals surface area contributed by atoms with Crippen molar-refractivity contribution >= 4 is 17.5 Å². The molecular weight excluding hydrogens is 340 g/mol. The molecule has 0 radical (unpaired) electrons. The van der Waals surface area contributed by atoms with Crippen LogP contribution in [-0.2, 0) is 19.9 Å². The Balaban J connectivity index is 1.81. The molecule has 0 unspecified atom stereocenters. The van der Waals surface area contributed by atoms with E-state index in [0.717, 1.165) is 41.6 Å². The fraction of sp³-hybridized carbons (Fsp3) is 0.471. The number of nitriles is 1. The summed E-state index contributed by atoms with van der Waals surface area (Å²) in [4.78, 5) is 16.9. The number of aromatic nitrogens is 3. The third-order valence-corrected chi connectivity index (χ3v) is 5.24. The number of carbonyl (C=O) groups excluding carboxylic acids is 1. The van der Waals surface area contributed by atoms with Gasteiger partial charge in [0.25, 0.3) is 5.69 Å². The number of ketones is 1. The first-order valence-electron chi connectivity index (χ1n) is 8.22. The molecule has 0 N–H and O–H groups in total. The first-order chi connectivity index (χ1) is 12.1. The lowest BCUT2D eigenvalue weighted by molar-refractivity contribution is -0.741. The second-order valence-corrected chi connectivity index (χ2v) is 6.98. The van der Waals surface area contributed by atoms with Crippen LogP contribution in [-0.4, -0.2) is 21.8 Å². The van der Waals surface area contributed by atoms with Gasteiger partial charge in [0.2, 0.25) is 5.78 Å². The molecule has 0 spiro atoms. The summed E-state index contributed by atoms with van der Waals surface area (Å²) in [5.41, 5.74) is 2.54. The SMILES string of the molecule is C[n+]1noc([O-])c1C(=O)CSc1nc2c(cc1C#N)CCCCCC2. The van der Waals surface area contributed by atoms with Crippen LogP contribution in [0.1, 0.15) is 53.0 Å². The first-order valence-corrected chi connectivity index (χ1v) is 9.20. The van der Waals surface area contributed by atoms with Gasteiger partial charge in [0, 0.05) is 5.69 Å². The zero-order valence-corrected chi connectivity index (χ0v) is 14.8. The third kappa shape index (κ3) is 3.82. The highest BCUT2D eigenvalue weighted by atomic mass is 32.2. The Kier molecular flexibility index (Phi) is 5.34. The summed E-state index contributed by atoms with van der Waals surface area (Å²) in [6, 6.07) is 4.07. The van der Waals surface area contributed by atoms with Crippen molar-refractivity contribution in [3.63, 3.8) is 0 Å². The van der Waals surface area contributed by atoms with E-state index in [1.807, 2.05) is 6.07 Å². The van der Waals surface area contributed by atoms with Gasteiger partial charge in [-0.15, -0.1) is 0 Å². The molecule has 130 valence electrons. The van der Waals surface area contributed by atoms with E-state index in [4.69, 9.17) is 0 Å². The minimum absolute atomic E-state index is 0.00472. The van der Waals surface area contributed by atoms with E-state index in [9.17, 15) is 15.2 Å². The molecule has 2 heterocycles. The van der Waals surface area contributed by atoms with Gasteiger partial charge < -0.3 is 9.63 Å². The van der Waals surface area contributed by atoms with E-state index < -0.39 is 11.7 Å². The van der Waals surface area contributed by atoms with Crippen molar-refractivity contribution in [3.05, 3.63) is 28.6 Å². The van der Waals surface area contributed by atoms with E-state index in [2.05, 4.69) is 20.8 Å². The molecule has 2 aromatic heterocycles. The molecular formula is C17H18N4O3S. The number of Topliss-reactive ketones (excluding diaryl/α,β-unsaturated/α-hetero) is 1. The Hall–Kier alpha value is -2.40. The fourth-order valence-corrected chi connectivity index (χ4v) is 3.81. The van der Waals surface area contributed by atoms with Gasteiger partial charge >= 0.3 is 0 Å². The van der Waals surface area contributed by atoms with Crippen molar-refractivity contribution < 1.29 is 19.1 Å². The summed E-state index contributed by atoms with van der Waals surface area (Å²) in [5.74, 6) is -1.14. The zero-order valence-electron chi connectivity index (χ0n) is 13.9. The van der Waals surface area contributed by atoms with E-state index in [1.165, 1.54) is 31.7 Å². The topological polar surface area (TPSA) is 107 Å². The molecule has 0 saturated carbocycles. The molecule has 0 atom stereocenters. The Morgan fingerprint density at radius 1 is 1.40 bits per heavy atom. The monoisotopic (exact) mass is 358 g/mol. The van der Waals surface area contributed by atoms with Gasteiger partial charge in [0.05, 0.1) is 16.6 Å². The molecule has 0 fully saturated rings. The number of hydrogen-bond acceptors (Lipinski definition) is 7. The maximum absolute atomic E-state index is 12.3. The van der Waals surface area contributed by atoms with Crippen molar-refractivity contribution in [1.29, 1.82) is 5.26 Å². The van der Waals surface area contributed by atoms with Crippen LogP contribution >= 0.6 is 11.8 Å².